The third-order valence-electron chi connectivity index (χ3n) is 8.41. The molecule has 0 bridgehead atoms. The molecule has 3 aliphatic rings. The number of carbonyl (C=O) groups excluding carboxylic acids is 3. The number of rotatable bonds is 6. The number of barbiturate groups is 1. The number of amides is 4. The van der Waals surface area contributed by atoms with Gasteiger partial charge in [0.1, 0.15) is 0 Å². The van der Waals surface area contributed by atoms with Crippen LogP contribution in [0.1, 0.15) is 11.1 Å². The first-order valence-electron chi connectivity index (χ1n) is 13.5. The van der Waals surface area contributed by atoms with Gasteiger partial charge in [-0.15, -0.1) is 0 Å². The van der Waals surface area contributed by atoms with Gasteiger partial charge in [0.2, 0.25) is 11.8 Å². The van der Waals surface area contributed by atoms with Crippen LogP contribution in [-0.4, -0.2) is 69.2 Å². The summed E-state index contributed by atoms with van der Waals surface area (Å²) < 4.78 is 10.7. The molecule has 3 aliphatic heterocycles. The Balaban J connectivity index is 1.35. The van der Waals surface area contributed by atoms with Crippen LogP contribution in [0.25, 0.3) is 0 Å². The van der Waals surface area contributed by atoms with Gasteiger partial charge >= 0.3 is 6.03 Å². The first-order valence-corrected chi connectivity index (χ1v) is 13.5. The minimum Gasteiger partial charge on any atom is -0.493 e. The van der Waals surface area contributed by atoms with E-state index in [0.717, 1.165) is 29.0 Å². The molecule has 6 rings (SSSR count). The number of benzene rings is 3. The molecule has 2 atom stereocenters. The Bertz CT molecular complexity index is 1460. The monoisotopic (exact) mass is 540 g/mol. The smallest absolute Gasteiger partial charge is 0.330 e. The number of hydrogen-bond donors (Lipinski definition) is 1. The second-order valence-electron chi connectivity index (χ2n) is 10.4. The zero-order valence-corrected chi connectivity index (χ0v) is 22.6. The van der Waals surface area contributed by atoms with Crippen molar-refractivity contribution in [2.45, 2.75) is 18.9 Å². The Morgan fingerprint density at radius 1 is 0.900 bits per heavy atom. The van der Waals surface area contributed by atoms with E-state index in [1.807, 2.05) is 60.7 Å². The summed E-state index contributed by atoms with van der Waals surface area (Å²) in [5, 5.41) is 2.55. The highest BCUT2D eigenvalue weighted by Gasteiger charge is 2.62. The lowest BCUT2D eigenvalue weighted by Crippen LogP contribution is -2.75. The van der Waals surface area contributed by atoms with Crippen molar-refractivity contribution in [2.24, 2.45) is 5.41 Å². The van der Waals surface area contributed by atoms with Crippen molar-refractivity contribution in [1.82, 2.24) is 10.2 Å². The Hall–Kier alpha value is -4.53. The number of hydrogen-bond acceptors (Lipinski definition) is 7. The lowest BCUT2D eigenvalue weighted by Gasteiger charge is -2.55. The molecular weight excluding hydrogens is 508 g/mol. The Morgan fingerprint density at radius 2 is 1.65 bits per heavy atom. The highest BCUT2D eigenvalue weighted by Crippen LogP contribution is 2.46. The number of urea groups is 1. The van der Waals surface area contributed by atoms with Gasteiger partial charge in [0.25, 0.3) is 0 Å². The highest BCUT2D eigenvalue weighted by molar-refractivity contribution is 6.20. The third kappa shape index (κ3) is 4.13. The van der Waals surface area contributed by atoms with E-state index in [0.29, 0.717) is 31.0 Å². The number of anilines is 2. The van der Waals surface area contributed by atoms with Gasteiger partial charge in [0, 0.05) is 37.6 Å². The van der Waals surface area contributed by atoms with E-state index < -0.39 is 29.3 Å². The third-order valence-corrected chi connectivity index (χ3v) is 8.41. The Kier molecular flexibility index (Phi) is 6.57. The zero-order valence-electron chi connectivity index (χ0n) is 22.6. The van der Waals surface area contributed by atoms with Gasteiger partial charge in [0.05, 0.1) is 20.3 Å². The van der Waals surface area contributed by atoms with Gasteiger partial charge in [0.15, 0.2) is 16.9 Å². The molecule has 9 nitrogen and oxygen atoms in total. The number of para-hydroxylation sites is 2. The molecule has 0 radical (unpaired) electrons. The average Bonchev–Trinajstić information content (AvgIpc) is 2.99. The summed E-state index contributed by atoms with van der Waals surface area (Å²) in [5.41, 5.74) is 2.46. The van der Waals surface area contributed by atoms with Gasteiger partial charge in [-0.2, -0.15) is 0 Å². The number of fused-ring (bicyclic) bond motifs is 4. The summed E-state index contributed by atoms with van der Waals surface area (Å²) in [5.74, 6) is 0.207. The molecule has 0 aliphatic carbocycles. The number of ether oxygens (including phenoxy) is 2. The van der Waals surface area contributed by atoms with Crippen molar-refractivity contribution in [3.05, 3.63) is 83.9 Å². The summed E-state index contributed by atoms with van der Waals surface area (Å²) in [4.78, 5) is 47.0. The zero-order chi connectivity index (χ0) is 27.9. The SMILES string of the molecule is COc1ccc(CCN2C(=O)NC(=O)[C@@]3(Cc4ccccc4N4CCN(c5ccccc5)C[C@@H]43)C2=O)cc1OC. The van der Waals surface area contributed by atoms with Crippen LogP contribution >= 0.6 is 0 Å². The van der Waals surface area contributed by atoms with E-state index in [4.69, 9.17) is 9.47 Å². The minimum absolute atomic E-state index is 0.131. The van der Waals surface area contributed by atoms with E-state index >= 15 is 0 Å². The quantitative estimate of drug-likeness (QED) is 0.480. The van der Waals surface area contributed by atoms with Crippen molar-refractivity contribution >= 4 is 29.2 Å². The molecule has 2 fully saturated rings. The molecule has 4 amide bonds. The number of nitrogens with one attached hydrogen (secondary N) is 1. The van der Waals surface area contributed by atoms with Gasteiger partial charge in [-0.1, -0.05) is 42.5 Å². The van der Waals surface area contributed by atoms with Gasteiger partial charge in [-0.05, 0) is 54.3 Å². The van der Waals surface area contributed by atoms with Crippen molar-refractivity contribution in [2.75, 3.05) is 50.2 Å². The maximum atomic E-state index is 14.4. The van der Waals surface area contributed by atoms with E-state index in [1.165, 1.54) is 4.90 Å². The van der Waals surface area contributed by atoms with E-state index in [1.54, 1.807) is 20.3 Å². The fraction of sp³-hybridized carbons (Fsp3) is 0.323. The molecule has 3 aromatic rings. The summed E-state index contributed by atoms with van der Waals surface area (Å²) in [6, 6.07) is 22.4. The van der Waals surface area contributed by atoms with Gasteiger partial charge < -0.3 is 19.3 Å². The molecule has 206 valence electrons. The maximum absolute atomic E-state index is 14.4. The molecule has 3 aromatic carbocycles. The van der Waals surface area contributed by atoms with Crippen LogP contribution in [-0.2, 0) is 22.4 Å². The topological polar surface area (TPSA) is 91.4 Å². The van der Waals surface area contributed by atoms with Crippen LogP contribution in [0, 0.1) is 5.41 Å². The van der Waals surface area contributed by atoms with Crippen molar-refractivity contribution in [3.8, 4) is 11.5 Å². The van der Waals surface area contributed by atoms with Crippen molar-refractivity contribution in [1.29, 1.82) is 0 Å². The van der Waals surface area contributed by atoms with E-state index in [2.05, 4.69) is 21.2 Å². The molecule has 1 N–H and O–H groups in total. The fourth-order valence-corrected chi connectivity index (χ4v) is 6.36. The fourth-order valence-electron chi connectivity index (χ4n) is 6.36. The first-order chi connectivity index (χ1) is 19.5. The summed E-state index contributed by atoms with van der Waals surface area (Å²) in [7, 11) is 3.13. The lowest BCUT2D eigenvalue weighted by atomic mass is 9.67. The molecule has 0 aromatic heterocycles. The molecule has 3 heterocycles. The highest BCUT2D eigenvalue weighted by atomic mass is 16.5. The van der Waals surface area contributed by atoms with Crippen molar-refractivity contribution < 1.29 is 23.9 Å². The molecule has 1 spiro atoms. The standard InChI is InChI=1S/C31H32N4O5/c1-39-25-13-12-21(18-26(25)40-2)14-15-35-29(37)31(28(36)32-30(35)38)19-22-8-6-7-11-24(22)34-17-16-33(20-27(31)34)23-9-4-3-5-10-23/h3-13,18,27H,14-17,19-20H2,1-2H3,(H,32,36,38)/t27-,31+/m1/s1. The van der Waals surface area contributed by atoms with Crippen LogP contribution in [0.2, 0.25) is 0 Å². The maximum Gasteiger partial charge on any atom is 0.330 e. The van der Waals surface area contributed by atoms with Crippen LogP contribution < -0.4 is 24.6 Å². The van der Waals surface area contributed by atoms with Gasteiger partial charge in [-0.25, -0.2) is 4.79 Å². The first kappa shape index (κ1) is 25.7. The van der Waals surface area contributed by atoms with E-state index in [-0.39, 0.29) is 13.0 Å². The molecule has 9 heteroatoms. The number of methoxy groups -OCH3 is 2. The average molecular weight is 541 g/mol. The number of imide groups is 2. The van der Waals surface area contributed by atoms with Crippen molar-refractivity contribution in [3.63, 3.8) is 0 Å². The second kappa shape index (κ2) is 10.2. The normalized spacial score (nSPS) is 22.1. The van der Waals surface area contributed by atoms with Crippen LogP contribution in [0.4, 0.5) is 16.2 Å². The largest absolute Gasteiger partial charge is 0.493 e. The summed E-state index contributed by atoms with van der Waals surface area (Å²) in [6.45, 7) is 2.02. The van der Waals surface area contributed by atoms with Gasteiger partial charge in [-0.3, -0.25) is 19.8 Å². The lowest BCUT2D eigenvalue weighted by molar-refractivity contribution is -0.153. The predicted molar refractivity (Wildman–Crippen MR) is 151 cm³/mol. The molecular formula is C31H32N4O5. The summed E-state index contributed by atoms with van der Waals surface area (Å²) >= 11 is 0. The van der Waals surface area contributed by atoms with Crippen LogP contribution in [0.5, 0.6) is 11.5 Å². The number of nitrogens with zero attached hydrogens (tertiary/aromatic N) is 3. The van der Waals surface area contributed by atoms with Crippen LogP contribution in [0.3, 0.4) is 0 Å². The minimum atomic E-state index is -1.44. The predicted octanol–water partition coefficient (Wildman–Crippen LogP) is 3.26. The molecule has 40 heavy (non-hydrogen) atoms. The Morgan fingerprint density at radius 3 is 2.42 bits per heavy atom. The number of carbonyl (C=O) groups is 3. The summed E-state index contributed by atoms with van der Waals surface area (Å²) in [6.07, 6.45) is 0.642. The van der Waals surface area contributed by atoms with E-state index in [9.17, 15) is 14.4 Å². The molecule has 2 saturated heterocycles. The van der Waals surface area contributed by atoms with Crippen LogP contribution in [0.15, 0.2) is 72.8 Å². The molecule has 0 saturated carbocycles. The second-order valence-corrected chi connectivity index (χ2v) is 10.4. The molecule has 0 unspecified atom stereocenters. The number of piperazine rings is 1. The Labute approximate surface area is 233 Å².